The van der Waals surface area contributed by atoms with Crippen molar-refractivity contribution in [3.8, 4) is 11.9 Å². The summed E-state index contributed by atoms with van der Waals surface area (Å²) in [6, 6.07) is 12.1. The third-order valence-corrected chi connectivity index (χ3v) is 5.37. The Morgan fingerprint density at radius 3 is 2.56 bits per heavy atom. The number of benzene rings is 2. The smallest absolute Gasteiger partial charge is 0.387 e. The van der Waals surface area contributed by atoms with Gasteiger partial charge in [0, 0.05) is 17.1 Å². The van der Waals surface area contributed by atoms with E-state index in [4.69, 9.17) is 23.2 Å². The number of carbonyl (C=O) groups excluding carboxylic acids is 1. The Morgan fingerprint density at radius 2 is 2.00 bits per heavy atom. The largest absolute Gasteiger partial charge is 0.435 e. The molecule has 2 aromatic carbocycles. The average molecular weight is 509 g/mol. The zero-order valence-corrected chi connectivity index (χ0v) is 19.5. The minimum atomic E-state index is -2.94. The van der Waals surface area contributed by atoms with E-state index in [0.29, 0.717) is 23.0 Å². The van der Waals surface area contributed by atoms with Crippen molar-refractivity contribution in [1.82, 2.24) is 15.2 Å². The fraction of sp³-hybridized carbons (Fsp3) is 0.273. The van der Waals surface area contributed by atoms with Gasteiger partial charge in [0.1, 0.15) is 11.6 Å². The van der Waals surface area contributed by atoms with Crippen LogP contribution in [0.3, 0.4) is 0 Å². The molecule has 2 aromatic rings. The van der Waals surface area contributed by atoms with E-state index >= 15 is 0 Å². The summed E-state index contributed by atoms with van der Waals surface area (Å²) in [6.07, 6.45) is 1.82. The number of carbonyl (C=O) groups is 1. The molecule has 0 spiro atoms. The van der Waals surface area contributed by atoms with Crippen LogP contribution < -0.4 is 10.1 Å². The second-order valence-electron chi connectivity index (χ2n) is 6.95. The molecule has 12 heteroatoms. The molecule has 0 bridgehead atoms. The number of hydrogen-bond acceptors (Lipinski definition) is 5. The minimum Gasteiger partial charge on any atom is -0.435 e. The Morgan fingerprint density at radius 1 is 1.32 bits per heavy atom. The van der Waals surface area contributed by atoms with Crippen molar-refractivity contribution in [2.24, 2.45) is 10.1 Å². The first-order valence-corrected chi connectivity index (χ1v) is 11.0. The Kier molecular flexibility index (Phi) is 8.62. The van der Waals surface area contributed by atoms with Crippen molar-refractivity contribution in [1.29, 1.82) is 5.26 Å². The fourth-order valence-corrected chi connectivity index (χ4v) is 3.69. The van der Waals surface area contributed by atoms with Gasteiger partial charge < -0.3 is 9.64 Å². The molecule has 0 saturated carbocycles. The van der Waals surface area contributed by atoms with E-state index in [1.54, 1.807) is 29.2 Å². The normalized spacial score (nSPS) is 15.7. The van der Waals surface area contributed by atoms with Crippen LogP contribution in [0.4, 0.5) is 14.5 Å². The van der Waals surface area contributed by atoms with Crippen LogP contribution in [0.2, 0.25) is 5.02 Å². The van der Waals surface area contributed by atoms with Gasteiger partial charge in [-0.25, -0.2) is 10.0 Å². The summed E-state index contributed by atoms with van der Waals surface area (Å²) in [6.45, 7) is -0.517. The number of nitrogens with one attached hydrogen (secondary N) is 1. The number of ether oxygens (including phenoxy) is 1. The van der Waals surface area contributed by atoms with Crippen LogP contribution in [0.5, 0.6) is 5.75 Å². The lowest BCUT2D eigenvalue weighted by Crippen LogP contribution is -2.48. The van der Waals surface area contributed by atoms with Gasteiger partial charge in [-0.2, -0.15) is 19.1 Å². The van der Waals surface area contributed by atoms with Crippen LogP contribution in [-0.2, 0) is 4.79 Å². The van der Waals surface area contributed by atoms with Crippen LogP contribution in [0.1, 0.15) is 12.5 Å². The number of amides is 1. The third kappa shape index (κ3) is 6.12. The van der Waals surface area contributed by atoms with Crippen LogP contribution in [-0.4, -0.2) is 59.1 Å². The Labute approximate surface area is 205 Å². The molecule has 0 saturated heterocycles. The highest BCUT2D eigenvalue weighted by Gasteiger charge is 2.36. The lowest BCUT2D eigenvalue weighted by Gasteiger charge is -2.28. The van der Waals surface area contributed by atoms with Gasteiger partial charge in [0.2, 0.25) is 11.9 Å². The summed E-state index contributed by atoms with van der Waals surface area (Å²) in [5, 5.41) is 18.4. The Bertz CT molecular complexity index is 1100. The summed E-state index contributed by atoms with van der Waals surface area (Å²) in [5.74, 6) is -0.388. The molecule has 1 aliphatic heterocycles. The van der Waals surface area contributed by atoms with Crippen LogP contribution in [0.15, 0.2) is 58.6 Å². The fourth-order valence-electron chi connectivity index (χ4n) is 3.41. The summed E-state index contributed by atoms with van der Waals surface area (Å²) in [4.78, 5) is 18.5. The SMILES string of the molecule is CCN(C(=O)CCl)C1CN(C(=Nc2ccc(OC(F)F)cc2)NC#N)N=C1c1ccc(Cl)cc1. The Hall–Kier alpha value is -3.42. The van der Waals surface area contributed by atoms with E-state index in [9.17, 15) is 18.8 Å². The quantitative estimate of drug-likeness (QED) is 0.199. The van der Waals surface area contributed by atoms with E-state index in [2.05, 4.69) is 20.1 Å². The molecule has 0 aliphatic carbocycles. The van der Waals surface area contributed by atoms with Gasteiger partial charge in [-0.3, -0.25) is 10.1 Å². The molecule has 3 rings (SSSR count). The molecule has 8 nitrogen and oxygen atoms in total. The van der Waals surface area contributed by atoms with Gasteiger partial charge in [-0.15, -0.1) is 11.6 Å². The second-order valence-corrected chi connectivity index (χ2v) is 7.65. The first-order chi connectivity index (χ1) is 16.4. The summed E-state index contributed by atoms with van der Waals surface area (Å²) in [5.41, 5.74) is 1.68. The van der Waals surface area contributed by atoms with Gasteiger partial charge in [0.15, 0.2) is 6.19 Å². The first kappa shape index (κ1) is 25.2. The highest BCUT2D eigenvalue weighted by atomic mass is 35.5. The van der Waals surface area contributed by atoms with Gasteiger partial charge in [-0.05, 0) is 43.3 Å². The average Bonchev–Trinajstić information content (AvgIpc) is 3.25. The predicted molar refractivity (Wildman–Crippen MR) is 126 cm³/mol. The molecule has 1 unspecified atom stereocenters. The molecule has 1 aliphatic rings. The zero-order chi connectivity index (χ0) is 24.7. The summed E-state index contributed by atoms with van der Waals surface area (Å²) < 4.78 is 29.1. The van der Waals surface area contributed by atoms with Crippen LogP contribution in [0.25, 0.3) is 0 Å². The van der Waals surface area contributed by atoms with Crippen molar-refractivity contribution in [3.05, 3.63) is 59.1 Å². The molecule has 1 heterocycles. The number of likely N-dealkylation sites (N-methyl/N-ethyl adjacent to an activating group) is 1. The van der Waals surface area contributed by atoms with Crippen molar-refractivity contribution in [2.45, 2.75) is 19.6 Å². The molecule has 34 heavy (non-hydrogen) atoms. The van der Waals surface area contributed by atoms with Crippen LogP contribution in [0, 0.1) is 11.5 Å². The minimum absolute atomic E-state index is 0.0220. The highest BCUT2D eigenvalue weighted by Crippen LogP contribution is 2.24. The number of aliphatic imine (C=N–C) groups is 1. The number of alkyl halides is 3. The number of guanidine groups is 1. The Balaban J connectivity index is 1.97. The van der Waals surface area contributed by atoms with Gasteiger partial charge in [0.05, 0.1) is 24.0 Å². The molecule has 0 aromatic heterocycles. The summed E-state index contributed by atoms with van der Waals surface area (Å²) >= 11 is 11.8. The van der Waals surface area contributed by atoms with Crippen molar-refractivity contribution in [3.63, 3.8) is 0 Å². The number of nitriles is 1. The number of nitrogens with zero attached hydrogens (tertiary/aromatic N) is 5. The summed E-state index contributed by atoms with van der Waals surface area (Å²) in [7, 11) is 0. The van der Waals surface area contributed by atoms with Gasteiger partial charge in [0.25, 0.3) is 0 Å². The zero-order valence-electron chi connectivity index (χ0n) is 18.0. The molecule has 178 valence electrons. The first-order valence-electron chi connectivity index (χ1n) is 10.1. The lowest BCUT2D eigenvalue weighted by atomic mass is 10.0. The van der Waals surface area contributed by atoms with Gasteiger partial charge >= 0.3 is 6.61 Å². The molecule has 0 radical (unpaired) electrons. The van der Waals surface area contributed by atoms with Crippen molar-refractivity contribution in [2.75, 3.05) is 19.0 Å². The number of rotatable bonds is 7. The molecular formula is C22H20Cl2F2N6O2. The van der Waals surface area contributed by atoms with E-state index in [1.165, 1.54) is 29.3 Å². The van der Waals surface area contributed by atoms with E-state index < -0.39 is 12.7 Å². The monoisotopic (exact) mass is 508 g/mol. The number of hydrazone groups is 1. The van der Waals surface area contributed by atoms with Crippen molar-refractivity contribution >= 4 is 46.5 Å². The second kappa shape index (κ2) is 11.6. The number of hydrogen-bond donors (Lipinski definition) is 1. The molecular weight excluding hydrogens is 489 g/mol. The third-order valence-electron chi connectivity index (χ3n) is 4.89. The van der Waals surface area contributed by atoms with E-state index in [-0.39, 0.29) is 30.0 Å². The van der Waals surface area contributed by atoms with Crippen molar-refractivity contribution < 1.29 is 18.3 Å². The standard InChI is InChI=1S/C22H20Cl2F2N6O2/c1-2-31(19(33)11-23)18-12-32(30-20(18)14-3-5-15(24)6-4-14)22(28-13-27)29-16-7-9-17(10-8-16)34-21(25)26/h3-10,18,21H,2,11-12H2,1H3,(H,28,29). The maximum Gasteiger partial charge on any atom is 0.387 e. The lowest BCUT2D eigenvalue weighted by molar-refractivity contribution is -0.129. The maximum absolute atomic E-state index is 12.5. The predicted octanol–water partition coefficient (Wildman–Crippen LogP) is 4.18. The molecule has 0 fully saturated rings. The maximum atomic E-state index is 12.5. The molecule has 1 atom stereocenters. The van der Waals surface area contributed by atoms with E-state index in [1.807, 2.05) is 13.1 Å². The van der Waals surface area contributed by atoms with E-state index in [0.717, 1.165) is 5.56 Å². The van der Waals surface area contributed by atoms with Gasteiger partial charge in [-0.1, -0.05) is 23.7 Å². The molecule has 1 amide bonds. The number of halogens is 4. The van der Waals surface area contributed by atoms with Crippen LogP contribution >= 0.6 is 23.2 Å². The molecule has 1 N–H and O–H groups in total. The highest BCUT2D eigenvalue weighted by molar-refractivity contribution is 6.30. The topological polar surface area (TPSA) is 93.3 Å².